The summed E-state index contributed by atoms with van der Waals surface area (Å²) in [7, 11) is 0. The van der Waals surface area contributed by atoms with Gasteiger partial charge in [-0.05, 0) is 31.7 Å². The Labute approximate surface area is 103 Å². The van der Waals surface area contributed by atoms with Gasteiger partial charge in [-0.25, -0.2) is 4.79 Å². The molecular formula is C12H23N3O2. The summed E-state index contributed by atoms with van der Waals surface area (Å²) in [6.07, 6.45) is 3.37. The van der Waals surface area contributed by atoms with E-state index in [2.05, 4.69) is 10.2 Å². The maximum atomic E-state index is 11.4. The standard InChI is InChI=1S/C12H23N3O2/c16-9-3-11-2-1-5-14(10-11)7-8-15-6-4-13-12(15)17/h11,16H,1-10H2,(H,13,17). The van der Waals surface area contributed by atoms with Gasteiger partial charge in [0.2, 0.25) is 0 Å². The molecule has 5 nitrogen and oxygen atoms in total. The summed E-state index contributed by atoms with van der Waals surface area (Å²) in [5, 5.41) is 11.8. The monoisotopic (exact) mass is 241 g/mol. The van der Waals surface area contributed by atoms with Crippen LogP contribution in [0.3, 0.4) is 0 Å². The van der Waals surface area contributed by atoms with Crippen molar-refractivity contribution < 1.29 is 9.90 Å². The molecule has 2 aliphatic rings. The Hall–Kier alpha value is -0.810. The van der Waals surface area contributed by atoms with Crippen LogP contribution in [0.25, 0.3) is 0 Å². The van der Waals surface area contributed by atoms with Crippen LogP contribution in [0.15, 0.2) is 0 Å². The number of nitrogens with zero attached hydrogens (tertiary/aromatic N) is 2. The fourth-order valence-electron chi connectivity index (χ4n) is 2.76. The third kappa shape index (κ3) is 3.57. The predicted molar refractivity (Wildman–Crippen MR) is 65.8 cm³/mol. The van der Waals surface area contributed by atoms with Crippen LogP contribution in [0.5, 0.6) is 0 Å². The second-order valence-electron chi connectivity index (χ2n) is 5.04. The summed E-state index contributed by atoms with van der Waals surface area (Å²) in [5.41, 5.74) is 0. The lowest BCUT2D eigenvalue weighted by Crippen LogP contribution is -2.41. The zero-order valence-electron chi connectivity index (χ0n) is 10.4. The Bertz CT molecular complexity index is 258. The second-order valence-corrected chi connectivity index (χ2v) is 5.04. The normalized spacial score (nSPS) is 26.3. The van der Waals surface area contributed by atoms with E-state index in [1.165, 1.54) is 12.8 Å². The van der Waals surface area contributed by atoms with Crippen LogP contribution in [-0.2, 0) is 0 Å². The van der Waals surface area contributed by atoms with E-state index in [1.54, 1.807) is 0 Å². The number of rotatable bonds is 5. The van der Waals surface area contributed by atoms with Gasteiger partial charge in [0.05, 0.1) is 0 Å². The van der Waals surface area contributed by atoms with Gasteiger partial charge in [-0.3, -0.25) is 0 Å². The van der Waals surface area contributed by atoms with Crippen molar-refractivity contribution >= 4 is 6.03 Å². The zero-order valence-corrected chi connectivity index (χ0v) is 10.4. The Kier molecular flexibility index (Phi) is 4.62. The van der Waals surface area contributed by atoms with Crippen molar-refractivity contribution in [3.63, 3.8) is 0 Å². The highest BCUT2D eigenvalue weighted by atomic mass is 16.3. The van der Waals surface area contributed by atoms with Gasteiger partial charge >= 0.3 is 6.03 Å². The van der Waals surface area contributed by atoms with E-state index in [-0.39, 0.29) is 6.03 Å². The van der Waals surface area contributed by atoms with E-state index < -0.39 is 0 Å². The van der Waals surface area contributed by atoms with Gasteiger partial charge in [0, 0.05) is 39.3 Å². The molecule has 0 aromatic carbocycles. The molecule has 2 fully saturated rings. The van der Waals surface area contributed by atoms with Gasteiger partial charge in [-0.2, -0.15) is 0 Å². The number of piperidine rings is 1. The minimum absolute atomic E-state index is 0.0777. The predicted octanol–water partition coefficient (Wildman–Crippen LogP) is 0.106. The van der Waals surface area contributed by atoms with E-state index in [4.69, 9.17) is 5.11 Å². The lowest BCUT2D eigenvalue weighted by atomic mass is 9.95. The lowest BCUT2D eigenvalue weighted by Gasteiger charge is -2.33. The minimum Gasteiger partial charge on any atom is -0.396 e. The largest absolute Gasteiger partial charge is 0.396 e. The summed E-state index contributed by atoms with van der Waals surface area (Å²) >= 11 is 0. The van der Waals surface area contributed by atoms with E-state index >= 15 is 0 Å². The van der Waals surface area contributed by atoms with Crippen LogP contribution in [0.1, 0.15) is 19.3 Å². The molecule has 1 unspecified atom stereocenters. The molecule has 98 valence electrons. The van der Waals surface area contributed by atoms with Crippen molar-refractivity contribution in [3.8, 4) is 0 Å². The first-order valence-electron chi connectivity index (χ1n) is 6.65. The summed E-state index contributed by atoms with van der Waals surface area (Å²) in [6.45, 7) is 5.94. The Morgan fingerprint density at radius 1 is 1.35 bits per heavy atom. The molecule has 2 rings (SSSR count). The molecule has 2 amide bonds. The smallest absolute Gasteiger partial charge is 0.317 e. The van der Waals surface area contributed by atoms with Crippen molar-refractivity contribution in [1.82, 2.24) is 15.1 Å². The SMILES string of the molecule is O=C1NCCN1CCN1CCCC(CCO)C1. The molecule has 0 bridgehead atoms. The molecule has 0 saturated carbocycles. The average Bonchev–Trinajstić information content (AvgIpc) is 2.73. The van der Waals surface area contributed by atoms with Crippen molar-refractivity contribution in [3.05, 3.63) is 0 Å². The number of aliphatic hydroxyl groups is 1. The summed E-state index contributed by atoms with van der Waals surface area (Å²) < 4.78 is 0. The Morgan fingerprint density at radius 2 is 2.24 bits per heavy atom. The summed E-state index contributed by atoms with van der Waals surface area (Å²) in [4.78, 5) is 15.7. The molecule has 1 atom stereocenters. The van der Waals surface area contributed by atoms with Gasteiger partial charge in [-0.1, -0.05) is 0 Å². The number of likely N-dealkylation sites (tertiary alicyclic amines) is 1. The van der Waals surface area contributed by atoms with Crippen LogP contribution < -0.4 is 5.32 Å². The van der Waals surface area contributed by atoms with Gasteiger partial charge in [0.15, 0.2) is 0 Å². The van der Waals surface area contributed by atoms with Crippen LogP contribution in [0, 0.1) is 5.92 Å². The molecule has 2 aliphatic heterocycles. The number of urea groups is 1. The highest BCUT2D eigenvalue weighted by Crippen LogP contribution is 2.18. The molecule has 0 aromatic rings. The zero-order chi connectivity index (χ0) is 12.1. The quantitative estimate of drug-likeness (QED) is 0.718. The fraction of sp³-hybridized carbons (Fsp3) is 0.917. The molecule has 0 spiro atoms. The Balaban J connectivity index is 1.69. The number of carbonyl (C=O) groups excluding carboxylic acids is 1. The summed E-state index contributed by atoms with van der Waals surface area (Å²) in [6, 6.07) is 0.0777. The number of amides is 2. The van der Waals surface area contributed by atoms with E-state index in [1.807, 2.05) is 4.90 Å². The fourth-order valence-corrected chi connectivity index (χ4v) is 2.76. The maximum Gasteiger partial charge on any atom is 0.317 e. The first-order valence-corrected chi connectivity index (χ1v) is 6.65. The third-order valence-corrected chi connectivity index (χ3v) is 3.77. The molecule has 0 aliphatic carbocycles. The highest BCUT2D eigenvalue weighted by Gasteiger charge is 2.22. The minimum atomic E-state index is 0.0777. The van der Waals surface area contributed by atoms with Crippen molar-refractivity contribution in [2.45, 2.75) is 19.3 Å². The molecule has 2 heterocycles. The van der Waals surface area contributed by atoms with Crippen molar-refractivity contribution in [2.24, 2.45) is 5.92 Å². The topological polar surface area (TPSA) is 55.8 Å². The van der Waals surface area contributed by atoms with Gasteiger partial charge in [0.1, 0.15) is 0 Å². The first-order chi connectivity index (χ1) is 8.29. The number of hydrogen-bond acceptors (Lipinski definition) is 3. The lowest BCUT2D eigenvalue weighted by molar-refractivity contribution is 0.138. The molecular weight excluding hydrogens is 218 g/mol. The molecule has 2 N–H and O–H groups in total. The second kappa shape index (κ2) is 6.21. The molecule has 2 saturated heterocycles. The number of aliphatic hydroxyl groups excluding tert-OH is 1. The van der Waals surface area contributed by atoms with Crippen LogP contribution in [0.4, 0.5) is 4.79 Å². The number of nitrogens with one attached hydrogen (secondary N) is 1. The van der Waals surface area contributed by atoms with Crippen LogP contribution in [-0.4, -0.2) is 66.8 Å². The van der Waals surface area contributed by atoms with Crippen molar-refractivity contribution in [2.75, 3.05) is 45.9 Å². The van der Waals surface area contributed by atoms with E-state index in [0.29, 0.717) is 12.5 Å². The van der Waals surface area contributed by atoms with Crippen molar-refractivity contribution in [1.29, 1.82) is 0 Å². The number of hydrogen-bond donors (Lipinski definition) is 2. The van der Waals surface area contributed by atoms with Gasteiger partial charge in [-0.15, -0.1) is 0 Å². The van der Waals surface area contributed by atoms with E-state index in [0.717, 1.165) is 45.7 Å². The molecule has 0 aromatic heterocycles. The van der Waals surface area contributed by atoms with Crippen LogP contribution in [0.2, 0.25) is 0 Å². The Morgan fingerprint density at radius 3 is 2.94 bits per heavy atom. The highest BCUT2D eigenvalue weighted by molar-refractivity contribution is 5.76. The molecule has 0 radical (unpaired) electrons. The molecule has 17 heavy (non-hydrogen) atoms. The first kappa shape index (κ1) is 12.6. The number of carbonyl (C=O) groups is 1. The van der Waals surface area contributed by atoms with Gasteiger partial charge in [0.25, 0.3) is 0 Å². The van der Waals surface area contributed by atoms with Crippen LogP contribution >= 0.6 is 0 Å². The average molecular weight is 241 g/mol. The summed E-state index contributed by atoms with van der Waals surface area (Å²) in [5.74, 6) is 0.640. The maximum absolute atomic E-state index is 11.4. The molecule has 5 heteroatoms. The third-order valence-electron chi connectivity index (χ3n) is 3.77. The van der Waals surface area contributed by atoms with Gasteiger partial charge < -0.3 is 20.2 Å². The van der Waals surface area contributed by atoms with E-state index in [9.17, 15) is 4.79 Å².